The number of nitrogens with zero attached hydrogens (tertiary/aromatic N) is 11. The van der Waals surface area contributed by atoms with Gasteiger partial charge >= 0.3 is 23.6 Å². The van der Waals surface area contributed by atoms with Crippen LogP contribution in [0.5, 0.6) is 11.8 Å². The van der Waals surface area contributed by atoms with Gasteiger partial charge in [0.25, 0.3) is 11.8 Å². The van der Waals surface area contributed by atoms with Crippen LogP contribution in [-0.4, -0.2) is 138 Å². The number of hydrogen-bond acceptors (Lipinski definition) is 16. The minimum atomic E-state index is -0.778. The molecule has 2 saturated heterocycles. The highest BCUT2D eigenvalue weighted by Crippen LogP contribution is 2.35. The lowest BCUT2D eigenvalue weighted by atomic mass is 10.0. The first kappa shape index (κ1) is 59.2. The number of fused-ring (bicyclic) bond motifs is 2. The Labute approximate surface area is 452 Å². The van der Waals surface area contributed by atoms with E-state index in [0.717, 1.165) is 30.8 Å². The molecule has 0 saturated carbocycles. The number of amides is 2. The molecule has 8 heterocycles. The van der Waals surface area contributed by atoms with Gasteiger partial charge in [0.15, 0.2) is 0 Å². The van der Waals surface area contributed by atoms with Crippen molar-refractivity contribution < 1.29 is 37.3 Å². The lowest BCUT2D eigenvalue weighted by molar-refractivity contribution is 0.0197. The Hall–Kier alpha value is -7.07. The molecule has 0 unspecified atom stereocenters. The zero-order chi connectivity index (χ0) is 57.0. The van der Waals surface area contributed by atoms with Gasteiger partial charge in [-0.25, -0.2) is 29.1 Å². The first-order valence-electron chi connectivity index (χ1n) is 25.4. The molecule has 416 valence electrons. The Balaban J connectivity index is 0.000000210. The van der Waals surface area contributed by atoms with Gasteiger partial charge in [-0.15, -0.1) is 0 Å². The van der Waals surface area contributed by atoms with Crippen LogP contribution < -0.4 is 31.1 Å². The number of aryl methyl sites for hydroxylation is 2. The molecule has 0 radical (unpaired) electrons. The molecule has 6 aromatic rings. The van der Waals surface area contributed by atoms with Crippen LogP contribution in [0.1, 0.15) is 117 Å². The predicted molar refractivity (Wildman–Crippen MR) is 291 cm³/mol. The molecular formula is C54H71ClF2N12O8. The second-order valence-electron chi connectivity index (χ2n) is 21.5. The smallest absolute Gasteiger partial charge is 0.410 e. The Kier molecular flexibility index (Phi) is 18.5. The largest absolute Gasteiger partial charge is 0.479 e. The molecule has 23 heteroatoms. The van der Waals surface area contributed by atoms with E-state index in [1.807, 2.05) is 94.9 Å². The predicted octanol–water partition coefficient (Wildman–Crippen LogP) is 8.82. The number of nitrogens with one attached hydrogen (secondary N) is 1. The molecular weight excluding hydrogens is 1020 g/mol. The Morgan fingerprint density at radius 1 is 0.688 bits per heavy atom. The van der Waals surface area contributed by atoms with Gasteiger partial charge in [-0.3, -0.25) is 19.1 Å². The molecule has 2 amide bonds. The van der Waals surface area contributed by atoms with Gasteiger partial charge in [0.05, 0.1) is 47.8 Å². The zero-order valence-electron chi connectivity index (χ0n) is 46.8. The van der Waals surface area contributed by atoms with Gasteiger partial charge in [0, 0.05) is 76.1 Å². The number of carbonyl (C=O) groups excluding carboxylic acids is 2. The third kappa shape index (κ3) is 13.4. The van der Waals surface area contributed by atoms with Crippen molar-refractivity contribution in [2.24, 2.45) is 0 Å². The first-order chi connectivity index (χ1) is 36.1. The van der Waals surface area contributed by atoms with Crippen LogP contribution in [0.25, 0.3) is 33.2 Å². The highest BCUT2D eigenvalue weighted by atomic mass is 35.5. The number of methoxy groups -OCH3 is 2. The highest BCUT2D eigenvalue weighted by molar-refractivity contribution is 6.34. The minimum Gasteiger partial charge on any atom is -0.479 e. The van der Waals surface area contributed by atoms with Crippen molar-refractivity contribution in [3.05, 3.63) is 97.2 Å². The van der Waals surface area contributed by atoms with Crippen molar-refractivity contribution in [1.82, 2.24) is 54.2 Å². The SMILES string of the molecule is COc1ncc2c(Cl)nc(=O)n(-c3c(C)ccnc3C(C)C)c2c1F.COc1ncc2c(N3CCN(C(=O)OC(C)(C)C)C[C@@H]3C)nc(=O)n(-c3c(C)ccnc3C(C)C)c2c1F.C[C@H]1CN(C(=O)OC(C)(C)C)CCN1. The van der Waals surface area contributed by atoms with Crippen LogP contribution in [0, 0.1) is 25.5 Å². The molecule has 6 aromatic heterocycles. The van der Waals surface area contributed by atoms with Crippen LogP contribution in [0.3, 0.4) is 0 Å². The van der Waals surface area contributed by atoms with E-state index in [1.165, 1.54) is 35.7 Å². The van der Waals surface area contributed by atoms with E-state index in [2.05, 4.69) is 42.1 Å². The molecule has 2 fully saturated rings. The maximum atomic E-state index is 15.9. The summed E-state index contributed by atoms with van der Waals surface area (Å²) in [6, 6.07) is 3.67. The summed E-state index contributed by atoms with van der Waals surface area (Å²) in [5, 5.41) is 3.75. The summed E-state index contributed by atoms with van der Waals surface area (Å²) in [7, 11) is 2.63. The van der Waals surface area contributed by atoms with Crippen LogP contribution in [0.4, 0.5) is 24.2 Å². The van der Waals surface area contributed by atoms with Crippen LogP contribution >= 0.6 is 11.6 Å². The summed E-state index contributed by atoms with van der Waals surface area (Å²) in [6.45, 7) is 30.0. The van der Waals surface area contributed by atoms with Crippen molar-refractivity contribution in [1.29, 1.82) is 0 Å². The van der Waals surface area contributed by atoms with E-state index < -0.39 is 40.3 Å². The number of pyridine rings is 4. The first-order valence-corrected chi connectivity index (χ1v) is 25.8. The molecule has 1 N–H and O–H groups in total. The maximum absolute atomic E-state index is 15.9. The van der Waals surface area contributed by atoms with E-state index in [1.54, 1.807) is 34.3 Å². The third-order valence-corrected chi connectivity index (χ3v) is 12.7. The molecule has 20 nitrogen and oxygen atoms in total. The van der Waals surface area contributed by atoms with Gasteiger partial charge in [-0.05, 0) is 104 Å². The van der Waals surface area contributed by atoms with E-state index in [-0.39, 0.29) is 57.3 Å². The standard InChI is InChI=1S/C27H35FN6O4.C17H16ClFN4O2.C10H20N2O2/c1-15(2)20-21(16(3)9-10-29-20)34-22-18(13-30-24(37-8)19(22)28)23(31-25(34)35)33-12-11-32(14-17(33)4)26(36)38-27(5,6)7;1-8(2)12-13(9(3)5-6-20-12)23-14-10(15(18)22-17(23)24)7-21-16(25-4)11(14)19;1-8-7-12(6-5-11-8)9(13)14-10(2,3)4/h9-10,13,15,17H,11-12,14H2,1-8H3;5-8H,1-4H3;8,11H,5-7H2,1-4H3/t17-;;8-/m0.0/s1. The fourth-order valence-corrected chi connectivity index (χ4v) is 9.15. The van der Waals surface area contributed by atoms with Crippen molar-refractivity contribution in [3.8, 4) is 23.1 Å². The topological polar surface area (TPSA) is 214 Å². The molecule has 2 aliphatic heterocycles. The molecule has 0 aliphatic carbocycles. The quantitative estimate of drug-likeness (QED) is 0.148. The lowest BCUT2D eigenvalue weighted by Gasteiger charge is -2.41. The summed E-state index contributed by atoms with van der Waals surface area (Å²) in [4.78, 5) is 81.1. The van der Waals surface area contributed by atoms with Crippen molar-refractivity contribution in [2.75, 3.05) is 58.4 Å². The second kappa shape index (κ2) is 24.1. The van der Waals surface area contributed by atoms with Crippen molar-refractivity contribution in [2.45, 2.75) is 132 Å². The van der Waals surface area contributed by atoms with Gasteiger partial charge < -0.3 is 39.0 Å². The monoisotopic (exact) mass is 1090 g/mol. The summed E-state index contributed by atoms with van der Waals surface area (Å²) in [5.41, 5.74) is 1.46. The number of halogens is 3. The number of ether oxygens (including phenoxy) is 4. The van der Waals surface area contributed by atoms with Crippen LogP contribution in [0.15, 0.2) is 46.5 Å². The van der Waals surface area contributed by atoms with Gasteiger partial charge in [0.2, 0.25) is 11.6 Å². The summed E-state index contributed by atoms with van der Waals surface area (Å²) >= 11 is 6.04. The normalized spacial score (nSPS) is 16.0. The number of carbonyl (C=O) groups is 2. The summed E-state index contributed by atoms with van der Waals surface area (Å²) in [6.07, 6.45) is 5.54. The van der Waals surface area contributed by atoms with Crippen molar-refractivity contribution in [3.63, 3.8) is 0 Å². The van der Waals surface area contributed by atoms with E-state index in [4.69, 9.17) is 30.5 Å². The summed E-state index contributed by atoms with van der Waals surface area (Å²) in [5.74, 6) is -1.70. The molecule has 0 bridgehead atoms. The van der Waals surface area contributed by atoms with E-state index in [0.29, 0.717) is 59.6 Å². The number of hydrogen-bond donors (Lipinski definition) is 1. The fraction of sp³-hybridized carbons (Fsp3) is 0.519. The number of anilines is 1. The van der Waals surface area contributed by atoms with E-state index >= 15 is 4.39 Å². The number of rotatable bonds is 7. The molecule has 8 rings (SSSR count). The lowest BCUT2D eigenvalue weighted by Crippen LogP contribution is -2.55. The fourth-order valence-electron chi connectivity index (χ4n) is 8.94. The van der Waals surface area contributed by atoms with E-state index in [9.17, 15) is 23.6 Å². The van der Waals surface area contributed by atoms with Gasteiger partial charge in [0.1, 0.15) is 33.2 Å². The Bertz CT molecular complexity index is 3270. The number of aromatic nitrogens is 8. The maximum Gasteiger partial charge on any atom is 0.410 e. The van der Waals surface area contributed by atoms with Crippen molar-refractivity contribution >= 4 is 51.4 Å². The minimum absolute atomic E-state index is 0.0133. The average Bonchev–Trinajstić information content (AvgIpc) is 3.39. The Morgan fingerprint density at radius 2 is 1.14 bits per heavy atom. The molecule has 77 heavy (non-hydrogen) atoms. The van der Waals surface area contributed by atoms with Crippen LogP contribution in [-0.2, 0) is 9.47 Å². The molecule has 2 atom stereocenters. The second-order valence-corrected chi connectivity index (χ2v) is 21.9. The Morgan fingerprint density at radius 3 is 1.58 bits per heavy atom. The third-order valence-electron chi connectivity index (χ3n) is 12.4. The molecule has 0 aromatic carbocycles. The van der Waals surface area contributed by atoms with Gasteiger partial charge in [-0.2, -0.15) is 18.7 Å². The average molecular weight is 1090 g/mol. The van der Waals surface area contributed by atoms with Crippen LogP contribution in [0.2, 0.25) is 5.15 Å². The molecule has 0 spiro atoms. The van der Waals surface area contributed by atoms with Gasteiger partial charge in [-0.1, -0.05) is 39.3 Å². The summed E-state index contributed by atoms with van der Waals surface area (Å²) < 4.78 is 54.3. The molecule has 2 aliphatic rings. The highest BCUT2D eigenvalue weighted by Gasteiger charge is 2.34. The zero-order valence-corrected chi connectivity index (χ0v) is 47.6. The number of piperazine rings is 2.